The molecule has 0 amide bonds. The van der Waals surface area contributed by atoms with E-state index in [4.69, 9.17) is 9.47 Å². The van der Waals surface area contributed by atoms with Crippen LogP contribution in [0.4, 0.5) is 0 Å². The van der Waals surface area contributed by atoms with Gasteiger partial charge in [-0.3, -0.25) is 0 Å². The fraction of sp³-hybridized carbons (Fsp3) is 0.455. The largest absolute Gasteiger partial charge is 0.490 e. The Kier molecular flexibility index (Phi) is 8.97. The second-order valence-electron chi connectivity index (χ2n) is 7.08. The zero-order valence-electron chi connectivity index (χ0n) is 16.6. The van der Waals surface area contributed by atoms with Gasteiger partial charge in [0.1, 0.15) is 6.61 Å². The maximum atomic E-state index is 5.99. The highest BCUT2D eigenvalue weighted by molar-refractivity contribution is 5.85. The van der Waals surface area contributed by atoms with Crippen molar-refractivity contribution in [2.45, 2.75) is 59.7 Å². The molecule has 0 heterocycles. The number of hydrogen-bond acceptors (Lipinski definition) is 3. The molecule has 0 bridgehead atoms. The zero-order valence-corrected chi connectivity index (χ0v) is 17.4. The molecule has 0 spiro atoms. The van der Waals surface area contributed by atoms with E-state index in [0.29, 0.717) is 13.2 Å². The molecule has 3 nitrogen and oxygen atoms in total. The van der Waals surface area contributed by atoms with Gasteiger partial charge in [0.25, 0.3) is 0 Å². The first-order chi connectivity index (χ1) is 11.9. The van der Waals surface area contributed by atoms with Crippen molar-refractivity contribution in [3.8, 4) is 11.5 Å². The highest BCUT2D eigenvalue weighted by Gasteiger charge is 2.14. The van der Waals surface area contributed by atoms with Crippen molar-refractivity contribution in [2.75, 3.05) is 6.61 Å². The average Bonchev–Trinajstić information content (AvgIpc) is 2.61. The van der Waals surface area contributed by atoms with Gasteiger partial charge < -0.3 is 14.8 Å². The molecule has 4 heteroatoms. The van der Waals surface area contributed by atoms with E-state index in [1.54, 1.807) is 0 Å². The molecule has 144 valence electrons. The van der Waals surface area contributed by atoms with Gasteiger partial charge in [0.2, 0.25) is 0 Å². The molecule has 0 aliphatic rings. The minimum Gasteiger partial charge on any atom is -0.490 e. The van der Waals surface area contributed by atoms with Gasteiger partial charge in [0.15, 0.2) is 11.5 Å². The van der Waals surface area contributed by atoms with Crippen LogP contribution in [-0.4, -0.2) is 12.1 Å². The van der Waals surface area contributed by atoms with Gasteiger partial charge in [-0.25, -0.2) is 0 Å². The lowest BCUT2D eigenvalue weighted by molar-refractivity contribution is 0.269. The Morgan fingerprint density at radius 1 is 0.885 bits per heavy atom. The third kappa shape index (κ3) is 6.89. The van der Waals surface area contributed by atoms with Crippen LogP contribution in [0.3, 0.4) is 0 Å². The smallest absolute Gasteiger partial charge is 0.161 e. The second-order valence-corrected chi connectivity index (χ2v) is 7.08. The quantitative estimate of drug-likeness (QED) is 0.610. The van der Waals surface area contributed by atoms with Crippen molar-refractivity contribution in [3.63, 3.8) is 0 Å². The number of benzene rings is 2. The van der Waals surface area contributed by atoms with Gasteiger partial charge in [-0.1, -0.05) is 42.8 Å². The molecule has 0 radical (unpaired) electrons. The van der Waals surface area contributed by atoms with Crippen LogP contribution in [0.2, 0.25) is 0 Å². The number of aryl methyl sites for hydroxylation is 1. The maximum Gasteiger partial charge on any atom is 0.161 e. The van der Waals surface area contributed by atoms with Crippen LogP contribution in [0.5, 0.6) is 11.5 Å². The Morgan fingerprint density at radius 3 is 2.15 bits per heavy atom. The van der Waals surface area contributed by atoms with E-state index in [2.05, 4.69) is 69.4 Å². The van der Waals surface area contributed by atoms with E-state index in [0.717, 1.165) is 30.0 Å². The molecule has 2 aromatic carbocycles. The first-order valence-corrected chi connectivity index (χ1v) is 9.12. The summed E-state index contributed by atoms with van der Waals surface area (Å²) in [6, 6.07) is 14.6. The van der Waals surface area contributed by atoms with Crippen LogP contribution in [0.1, 0.15) is 50.8 Å². The van der Waals surface area contributed by atoms with Gasteiger partial charge in [0, 0.05) is 12.1 Å². The van der Waals surface area contributed by atoms with E-state index < -0.39 is 0 Å². The Hall–Kier alpha value is -1.71. The third-order valence-electron chi connectivity index (χ3n) is 4.48. The van der Waals surface area contributed by atoms with E-state index in [-0.39, 0.29) is 17.9 Å². The molecule has 0 aromatic heterocycles. The first-order valence-electron chi connectivity index (χ1n) is 9.12. The molecule has 26 heavy (non-hydrogen) atoms. The summed E-state index contributed by atoms with van der Waals surface area (Å²) in [7, 11) is 0. The van der Waals surface area contributed by atoms with Crippen molar-refractivity contribution >= 4 is 12.4 Å². The molecule has 0 fully saturated rings. The predicted molar refractivity (Wildman–Crippen MR) is 112 cm³/mol. The number of hydrogen-bond donors (Lipinski definition) is 1. The molecule has 0 saturated heterocycles. The van der Waals surface area contributed by atoms with Crippen LogP contribution in [-0.2, 0) is 13.2 Å². The SMILES string of the molecule is CCOc1cc(CNC(C)(C)CC)ccc1OCc1ccc(C)cc1.Cl. The fourth-order valence-electron chi connectivity index (χ4n) is 2.36. The Morgan fingerprint density at radius 2 is 1.54 bits per heavy atom. The molecule has 2 aromatic rings. The van der Waals surface area contributed by atoms with Gasteiger partial charge in [0.05, 0.1) is 6.61 Å². The maximum absolute atomic E-state index is 5.99. The summed E-state index contributed by atoms with van der Waals surface area (Å²) in [5.74, 6) is 1.60. The summed E-state index contributed by atoms with van der Waals surface area (Å²) in [4.78, 5) is 0. The van der Waals surface area contributed by atoms with E-state index in [1.165, 1.54) is 11.1 Å². The van der Waals surface area contributed by atoms with Gasteiger partial charge in [-0.15, -0.1) is 12.4 Å². The summed E-state index contributed by atoms with van der Waals surface area (Å²) < 4.78 is 11.8. The molecule has 2 rings (SSSR count). The number of ether oxygens (including phenoxy) is 2. The summed E-state index contributed by atoms with van der Waals surface area (Å²) in [6.07, 6.45) is 1.09. The lowest BCUT2D eigenvalue weighted by Gasteiger charge is -2.25. The molecule has 0 atom stereocenters. The molecule has 0 saturated carbocycles. The molecule has 0 aliphatic heterocycles. The summed E-state index contributed by atoms with van der Waals surface area (Å²) in [5.41, 5.74) is 3.74. The molecular formula is C22H32ClNO2. The topological polar surface area (TPSA) is 30.5 Å². The van der Waals surface area contributed by atoms with Crippen LogP contribution >= 0.6 is 12.4 Å². The van der Waals surface area contributed by atoms with Crippen molar-refractivity contribution in [1.82, 2.24) is 5.32 Å². The molecule has 1 N–H and O–H groups in total. The lowest BCUT2D eigenvalue weighted by Crippen LogP contribution is -2.37. The third-order valence-corrected chi connectivity index (χ3v) is 4.48. The van der Waals surface area contributed by atoms with Crippen LogP contribution in [0.15, 0.2) is 42.5 Å². The van der Waals surface area contributed by atoms with E-state index >= 15 is 0 Å². The molecule has 0 aliphatic carbocycles. The van der Waals surface area contributed by atoms with Crippen LogP contribution < -0.4 is 14.8 Å². The highest BCUT2D eigenvalue weighted by Crippen LogP contribution is 2.29. The number of halogens is 1. The Balaban J connectivity index is 0.00000338. The van der Waals surface area contributed by atoms with Crippen LogP contribution in [0.25, 0.3) is 0 Å². The van der Waals surface area contributed by atoms with Gasteiger partial charge in [-0.05, 0) is 57.4 Å². The van der Waals surface area contributed by atoms with Crippen LogP contribution in [0, 0.1) is 6.92 Å². The van der Waals surface area contributed by atoms with E-state index in [9.17, 15) is 0 Å². The Bertz CT molecular complexity index is 668. The minimum absolute atomic E-state index is 0. The molecular weight excluding hydrogens is 346 g/mol. The lowest BCUT2D eigenvalue weighted by atomic mass is 10.0. The van der Waals surface area contributed by atoms with E-state index in [1.807, 2.05) is 13.0 Å². The summed E-state index contributed by atoms with van der Waals surface area (Å²) in [6.45, 7) is 12.7. The van der Waals surface area contributed by atoms with Gasteiger partial charge >= 0.3 is 0 Å². The molecule has 0 unspecified atom stereocenters. The zero-order chi connectivity index (χ0) is 18.3. The first kappa shape index (κ1) is 22.3. The minimum atomic E-state index is 0. The summed E-state index contributed by atoms with van der Waals surface area (Å²) in [5, 5.41) is 3.58. The number of nitrogens with one attached hydrogen (secondary N) is 1. The van der Waals surface area contributed by atoms with Gasteiger partial charge in [-0.2, -0.15) is 0 Å². The van der Waals surface area contributed by atoms with Crippen molar-refractivity contribution in [3.05, 3.63) is 59.2 Å². The fourth-order valence-corrected chi connectivity index (χ4v) is 2.36. The predicted octanol–water partition coefficient (Wildman–Crippen LogP) is 5.67. The summed E-state index contributed by atoms with van der Waals surface area (Å²) >= 11 is 0. The second kappa shape index (κ2) is 10.4. The standard InChI is InChI=1S/C22H31NO2.ClH/c1-6-22(4,5)23-15-19-12-13-20(21(14-19)24-7-2)25-16-18-10-8-17(3)9-11-18;/h8-14,23H,6-7,15-16H2,1-5H3;1H. The van der Waals surface area contributed by atoms with Crippen molar-refractivity contribution in [1.29, 1.82) is 0 Å². The van der Waals surface area contributed by atoms with Crippen molar-refractivity contribution in [2.24, 2.45) is 0 Å². The highest BCUT2D eigenvalue weighted by atomic mass is 35.5. The van der Waals surface area contributed by atoms with Crippen molar-refractivity contribution < 1.29 is 9.47 Å². The monoisotopic (exact) mass is 377 g/mol. The average molecular weight is 378 g/mol. The normalized spacial score (nSPS) is 11.0. The Labute approximate surface area is 164 Å². The number of rotatable bonds is 9.